The summed E-state index contributed by atoms with van der Waals surface area (Å²) < 4.78 is 5.64. The summed E-state index contributed by atoms with van der Waals surface area (Å²) in [6.07, 6.45) is 2.53. The molecule has 0 amide bonds. The van der Waals surface area contributed by atoms with Crippen LogP contribution < -0.4 is 0 Å². The largest absolute Gasteiger partial charge is 0.378 e. The van der Waals surface area contributed by atoms with Crippen molar-refractivity contribution in [3.8, 4) is 0 Å². The zero-order valence-corrected chi connectivity index (χ0v) is 10.4. The van der Waals surface area contributed by atoms with Gasteiger partial charge in [0.15, 0.2) is 0 Å². The van der Waals surface area contributed by atoms with Gasteiger partial charge in [-0.3, -0.25) is 4.90 Å². The van der Waals surface area contributed by atoms with E-state index in [2.05, 4.69) is 37.7 Å². The summed E-state index contributed by atoms with van der Waals surface area (Å²) in [5.41, 5.74) is 0. The van der Waals surface area contributed by atoms with Gasteiger partial charge in [-0.2, -0.15) is 0 Å². The summed E-state index contributed by atoms with van der Waals surface area (Å²) in [4.78, 5) is 5.05. The lowest BCUT2D eigenvalue weighted by molar-refractivity contribution is -0.0829. The third-order valence-corrected chi connectivity index (χ3v) is 4.25. The predicted octanol–water partition coefficient (Wildman–Crippen LogP) is 1.19. The Hall–Kier alpha value is -0.120. The van der Waals surface area contributed by atoms with Crippen LogP contribution in [0.4, 0.5) is 0 Å². The average molecular weight is 212 g/mol. The summed E-state index contributed by atoms with van der Waals surface area (Å²) >= 11 is 0. The highest BCUT2D eigenvalue weighted by Crippen LogP contribution is 2.29. The Morgan fingerprint density at radius 2 is 1.73 bits per heavy atom. The van der Waals surface area contributed by atoms with Crippen molar-refractivity contribution in [1.82, 2.24) is 9.80 Å². The van der Waals surface area contributed by atoms with Crippen LogP contribution in [0, 0.1) is 0 Å². The van der Waals surface area contributed by atoms with Crippen LogP contribution in [-0.2, 0) is 4.74 Å². The molecule has 2 aliphatic rings. The Morgan fingerprint density at radius 3 is 2.20 bits per heavy atom. The van der Waals surface area contributed by atoms with Crippen molar-refractivity contribution in [3.63, 3.8) is 0 Å². The molecule has 2 atom stereocenters. The highest BCUT2D eigenvalue weighted by atomic mass is 16.5. The first kappa shape index (κ1) is 11.4. The second-order valence-electron chi connectivity index (χ2n) is 5.40. The second kappa shape index (κ2) is 4.40. The van der Waals surface area contributed by atoms with Gasteiger partial charge in [0.25, 0.3) is 0 Å². The Kier molecular flexibility index (Phi) is 3.33. The Labute approximate surface area is 93.4 Å². The Morgan fingerprint density at radius 1 is 1.20 bits per heavy atom. The monoisotopic (exact) mass is 212 g/mol. The maximum atomic E-state index is 5.64. The number of fused-ring (bicyclic) bond motifs is 2. The van der Waals surface area contributed by atoms with Gasteiger partial charge in [0, 0.05) is 24.2 Å². The van der Waals surface area contributed by atoms with E-state index < -0.39 is 0 Å². The van der Waals surface area contributed by atoms with Crippen molar-refractivity contribution < 1.29 is 4.74 Å². The van der Waals surface area contributed by atoms with Gasteiger partial charge in [0.1, 0.15) is 0 Å². The molecule has 0 radical (unpaired) electrons. The lowest BCUT2D eigenvalue weighted by Gasteiger charge is -2.49. The number of nitrogens with zero attached hydrogens (tertiary/aromatic N) is 2. The van der Waals surface area contributed by atoms with E-state index in [4.69, 9.17) is 4.74 Å². The molecule has 2 saturated heterocycles. The summed E-state index contributed by atoms with van der Waals surface area (Å²) in [6.45, 7) is 6.42. The number of morpholine rings is 1. The molecule has 0 spiro atoms. The van der Waals surface area contributed by atoms with Crippen LogP contribution >= 0.6 is 0 Å². The van der Waals surface area contributed by atoms with E-state index in [0.29, 0.717) is 18.1 Å². The number of likely N-dealkylation sites (N-methyl/N-ethyl adjacent to an activating group) is 1. The van der Waals surface area contributed by atoms with E-state index in [1.807, 2.05) is 0 Å². The van der Waals surface area contributed by atoms with E-state index in [0.717, 1.165) is 19.3 Å². The van der Waals surface area contributed by atoms with Crippen molar-refractivity contribution in [2.24, 2.45) is 0 Å². The van der Waals surface area contributed by atoms with Gasteiger partial charge < -0.3 is 9.64 Å². The third kappa shape index (κ3) is 2.19. The minimum absolute atomic E-state index is 0.642. The highest BCUT2D eigenvalue weighted by molar-refractivity contribution is 4.93. The maximum absolute atomic E-state index is 5.64. The average Bonchev–Trinajstić information content (AvgIpc) is 2.16. The fourth-order valence-electron chi connectivity index (χ4n) is 2.82. The molecule has 2 heterocycles. The van der Waals surface area contributed by atoms with Crippen LogP contribution in [0.5, 0.6) is 0 Å². The molecule has 0 N–H and O–H groups in total. The fraction of sp³-hybridized carbons (Fsp3) is 1.00. The van der Waals surface area contributed by atoms with Crippen molar-refractivity contribution in [1.29, 1.82) is 0 Å². The minimum atomic E-state index is 0.642. The zero-order valence-electron chi connectivity index (χ0n) is 10.4. The van der Waals surface area contributed by atoms with E-state index in [-0.39, 0.29) is 0 Å². The molecule has 0 aromatic rings. The Balaban J connectivity index is 2.01. The van der Waals surface area contributed by atoms with Gasteiger partial charge in [0.2, 0.25) is 0 Å². The lowest BCUT2D eigenvalue weighted by Crippen LogP contribution is -2.59. The van der Waals surface area contributed by atoms with Crippen molar-refractivity contribution in [2.45, 2.75) is 50.9 Å². The molecule has 3 nitrogen and oxygen atoms in total. The quantitative estimate of drug-likeness (QED) is 0.684. The molecular formula is C12H24N2O. The summed E-state index contributed by atoms with van der Waals surface area (Å²) in [7, 11) is 4.51. The van der Waals surface area contributed by atoms with Gasteiger partial charge in [-0.05, 0) is 40.8 Å². The van der Waals surface area contributed by atoms with Crippen molar-refractivity contribution in [2.75, 3.05) is 27.3 Å². The normalized spacial score (nSPS) is 37.6. The molecular weight excluding hydrogens is 188 g/mol. The topological polar surface area (TPSA) is 15.7 Å². The van der Waals surface area contributed by atoms with E-state index in [9.17, 15) is 0 Å². The molecule has 15 heavy (non-hydrogen) atoms. The van der Waals surface area contributed by atoms with E-state index in [1.54, 1.807) is 0 Å². The van der Waals surface area contributed by atoms with Crippen LogP contribution in [0.2, 0.25) is 0 Å². The molecule has 0 aromatic heterocycles. The molecule has 3 heteroatoms. The van der Waals surface area contributed by atoms with E-state index in [1.165, 1.54) is 12.8 Å². The maximum Gasteiger partial charge on any atom is 0.0623 e. The van der Waals surface area contributed by atoms with E-state index >= 15 is 0 Å². The smallest absolute Gasteiger partial charge is 0.0623 e. The number of ether oxygens (including phenoxy) is 1. The fourth-order valence-corrected chi connectivity index (χ4v) is 2.82. The highest BCUT2D eigenvalue weighted by Gasteiger charge is 2.38. The third-order valence-electron chi connectivity index (χ3n) is 4.25. The standard InChI is InChI=1S/C12H24N2O/c1-9(2)13(3)10-5-11-7-15-8-12(6-10)14(11)4/h9-12H,5-8H2,1-4H3. The SMILES string of the molecule is CC(C)N(C)C1CC2COCC(C1)N2C. The predicted molar refractivity (Wildman–Crippen MR) is 62.1 cm³/mol. The van der Waals surface area contributed by atoms with Crippen LogP contribution in [-0.4, -0.2) is 61.3 Å². The summed E-state index contributed by atoms with van der Waals surface area (Å²) in [5, 5.41) is 0. The van der Waals surface area contributed by atoms with Crippen LogP contribution in [0.1, 0.15) is 26.7 Å². The molecule has 2 rings (SSSR count). The molecule has 88 valence electrons. The Bertz CT molecular complexity index is 206. The van der Waals surface area contributed by atoms with Crippen LogP contribution in [0.25, 0.3) is 0 Å². The number of hydrogen-bond acceptors (Lipinski definition) is 3. The molecule has 0 aliphatic carbocycles. The van der Waals surface area contributed by atoms with Gasteiger partial charge in [0.05, 0.1) is 13.2 Å². The van der Waals surface area contributed by atoms with Gasteiger partial charge in [-0.15, -0.1) is 0 Å². The number of rotatable bonds is 2. The van der Waals surface area contributed by atoms with Gasteiger partial charge in [-0.1, -0.05) is 0 Å². The first-order chi connectivity index (χ1) is 7.09. The van der Waals surface area contributed by atoms with Gasteiger partial charge >= 0.3 is 0 Å². The summed E-state index contributed by atoms with van der Waals surface area (Å²) in [6, 6.07) is 2.69. The van der Waals surface area contributed by atoms with Crippen LogP contribution in [0.3, 0.4) is 0 Å². The van der Waals surface area contributed by atoms with Gasteiger partial charge in [-0.25, -0.2) is 0 Å². The first-order valence-electron chi connectivity index (χ1n) is 6.11. The molecule has 0 saturated carbocycles. The second-order valence-corrected chi connectivity index (χ2v) is 5.40. The minimum Gasteiger partial charge on any atom is -0.378 e. The number of piperidine rings is 1. The molecule has 2 fully saturated rings. The molecule has 2 aliphatic heterocycles. The summed E-state index contributed by atoms with van der Waals surface area (Å²) in [5.74, 6) is 0. The van der Waals surface area contributed by atoms with Crippen molar-refractivity contribution >= 4 is 0 Å². The lowest BCUT2D eigenvalue weighted by atomic mass is 9.89. The number of hydrogen-bond donors (Lipinski definition) is 0. The zero-order chi connectivity index (χ0) is 11.0. The molecule has 2 unspecified atom stereocenters. The molecule has 2 bridgehead atoms. The van der Waals surface area contributed by atoms with Crippen molar-refractivity contribution in [3.05, 3.63) is 0 Å². The van der Waals surface area contributed by atoms with Crippen LogP contribution in [0.15, 0.2) is 0 Å². The first-order valence-corrected chi connectivity index (χ1v) is 6.11. The molecule has 0 aromatic carbocycles.